The van der Waals surface area contributed by atoms with Gasteiger partial charge in [-0.3, -0.25) is 9.48 Å². The molecular formula is C20H24N6O. The summed E-state index contributed by atoms with van der Waals surface area (Å²) in [6.45, 7) is 2.48. The first-order valence-corrected chi connectivity index (χ1v) is 9.40. The molecule has 4 rings (SSSR count). The molecule has 0 aliphatic heterocycles. The Morgan fingerprint density at radius 1 is 1.26 bits per heavy atom. The van der Waals surface area contributed by atoms with Gasteiger partial charge in [-0.15, -0.1) is 0 Å². The van der Waals surface area contributed by atoms with Crippen LogP contribution in [0.25, 0.3) is 11.0 Å². The number of nitrogens with zero attached hydrogens (tertiary/aromatic N) is 4. The average molecular weight is 364 g/mol. The second-order valence-corrected chi connectivity index (χ2v) is 7.15. The minimum atomic E-state index is 0.140. The Morgan fingerprint density at radius 2 is 2.07 bits per heavy atom. The van der Waals surface area contributed by atoms with Gasteiger partial charge < -0.3 is 10.6 Å². The van der Waals surface area contributed by atoms with E-state index in [0.29, 0.717) is 12.4 Å². The Kier molecular flexibility index (Phi) is 4.75. The third-order valence-electron chi connectivity index (χ3n) is 5.08. The fourth-order valence-corrected chi connectivity index (χ4v) is 3.64. The minimum absolute atomic E-state index is 0.140. The number of aryl methyl sites for hydroxylation is 2. The minimum Gasteiger partial charge on any atom is -0.365 e. The molecule has 1 fully saturated rings. The van der Waals surface area contributed by atoms with Crippen molar-refractivity contribution in [3.05, 3.63) is 41.9 Å². The van der Waals surface area contributed by atoms with E-state index in [4.69, 9.17) is 0 Å². The van der Waals surface area contributed by atoms with Gasteiger partial charge >= 0.3 is 0 Å². The molecule has 0 radical (unpaired) electrons. The summed E-state index contributed by atoms with van der Waals surface area (Å²) in [5, 5.41) is 11.6. The number of benzene rings is 1. The first-order valence-electron chi connectivity index (χ1n) is 9.40. The number of nitrogens with one attached hydrogen (secondary N) is 2. The van der Waals surface area contributed by atoms with Gasteiger partial charge in [-0.25, -0.2) is 9.97 Å². The number of anilines is 2. The molecule has 27 heavy (non-hydrogen) atoms. The first-order chi connectivity index (χ1) is 13.1. The normalized spacial score (nSPS) is 14.6. The lowest BCUT2D eigenvalue weighted by molar-refractivity contribution is -0.119. The fourth-order valence-electron chi connectivity index (χ4n) is 3.64. The second kappa shape index (κ2) is 7.34. The van der Waals surface area contributed by atoms with E-state index in [1.165, 1.54) is 0 Å². The lowest BCUT2D eigenvalue weighted by Crippen LogP contribution is -2.20. The first kappa shape index (κ1) is 17.5. The van der Waals surface area contributed by atoms with Crippen molar-refractivity contribution in [1.29, 1.82) is 0 Å². The van der Waals surface area contributed by atoms with E-state index in [0.717, 1.165) is 53.8 Å². The number of hydrogen-bond acceptors (Lipinski definition) is 5. The maximum Gasteiger partial charge on any atom is 0.227 e. The Labute approximate surface area is 158 Å². The van der Waals surface area contributed by atoms with Crippen molar-refractivity contribution in [2.45, 2.75) is 39.2 Å². The van der Waals surface area contributed by atoms with E-state index in [1.54, 1.807) is 10.9 Å². The van der Waals surface area contributed by atoms with Gasteiger partial charge in [0, 0.05) is 25.2 Å². The van der Waals surface area contributed by atoms with Crippen molar-refractivity contribution in [1.82, 2.24) is 19.7 Å². The number of hydrogen-bond donors (Lipinski definition) is 2. The summed E-state index contributed by atoms with van der Waals surface area (Å²) in [6.07, 6.45) is 6.09. The topological polar surface area (TPSA) is 84.7 Å². The Bertz CT molecular complexity index is 974. The van der Waals surface area contributed by atoms with Crippen molar-refractivity contribution in [3.63, 3.8) is 0 Å². The van der Waals surface area contributed by atoms with Crippen LogP contribution in [0.3, 0.4) is 0 Å². The zero-order valence-electron chi connectivity index (χ0n) is 15.7. The number of rotatable bonds is 5. The van der Waals surface area contributed by atoms with E-state index < -0.39 is 0 Å². The van der Waals surface area contributed by atoms with Crippen LogP contribution in [0.2, 0.25) is 0 Å². The molecule has 7 nitrogen and oxygen atoms in total. The second-order valence-electron chi connectivity index (χ2n) is 7.15. The summed E-state index contributed by atoms with van der Waals surface area (Å²) in [4.78, 5) is 21.3. The lowest BCUT2D eigenvalue weighted by Gasteiger charge is -2.12. The van der Waals surface area contributed by atoms with E-state index in [9.17, 15) is 4.79 Å². The third kappa shape index (κ3) is 3.77. The van der Waals surface area contributed by atoms with Gasteiger partial charge in [0.25, 0.3) is 0 Å². The van der Waals surface area contributed by atoms with Crippen molar-refractivity contribution < 1.29 is 4.79 Å². The van der Waals surface area contributed by atoms with Crippen LogP contribution in [0.1, 0.15) is 37.1 Å². The van der Waals surface area contributed by atoms with Gasteiger partial charge in [0.2, 0.25) is 5.91 Å². The molecule has 140 valence electrons. The van der Waals surface area contributed by atoms with Gasteiger partial charge in [-0.05, 0) is 37.5 Å². The van der Waals surface area contributed by atoms with Crippen molar-refractivity contribution in [2.24, 2.45) is 13.0 Å². The van der Waals surface area contributed by atoms with Crippen LogP contribution in [0.5, 0.6) is 0 Å². The molecule has 2 aromatic heterocycles. The van der Waals surface area contributed by atoms with Crippen LogP contribution in [0, 0.1) is 12.8 Å². The van der Waals surface area contributed by atoms with Gasteiger partial charge in [0.15, 0.2) is 5.65 Å². The maximum atomic E-state index is 12.3. The number of amides is 1. The van der Waals surface area contributed by atoms with Crippen LogP contribution in [-0.2, 0) is 18.4 Å². The van der Waals surface area contributed by atoms with E-state index in [-0.39, 0.29) is 11.8 Å². The zero-order valence-corrected chi connectivity index (χ0v) is 15.7. The van der Waals surface area contributed by atoms with E-state index >= 15 is 0 Å². The number of fused-ring (bicyclic) bond motifs is 1. The van der Waals surface area contributed by atoms with Crippen LogP contribution in [-0.4, -0.2) is 25.7 Å². The molecule has 1 aliphatic carbocycles. The van der Waals surface area contributed by atoms with Gasteiger partial charge in [-0.1, -0.05) is 25.0 Å². The molecule has 0 spiro atoms. The monoisotopic (exact) mass is 364 g/mol. The van der Waals surface area contributed by atoms with Crippen LogP contribution < -0.4 is 10.6 Å². The highest BCUT2D eigenvalue weighted by Gasteiger charge is 2.22. The predicted molar refractivity (Wildman–Crippen MR) is 105 cm³/mol. The molecule has 1 amide bonds. The Hall–Kier alpha value is -2.96. The molecular weight excluding hydrogens is 340 g/mol. The van der Waals surface area contributed by atoms with Crippen molar-refractivity contribution >= 4 is 28.4 Å². The molecule has 1 aromatic carbocycles. The molecule has 0 bridgehead atoms. The van der Waals surface area contributed by atoms with E-state index in [2.05, 4.69) is 25.7 Å². The number of carbonyl (C=O) groups excluding carboxylic acids is 1. The molecule has 0 saturated heterocycles. The highest BCUT2D eigenvalue weighted by atomic mass is 16.1. The standard InChI is InChI=1S/C20H24N6O/c1-13-23-18(17-12-22-26(2)19(17)24-13)21-11-14-6-5-9-16(10-14)25-20(27)15-7-3-4-8-15/h5-6,9-10,12,15H,3-4,7-8,11H2,1-2H3,(H,25,27)(H,21,23,24). The Balaban J connectivity index is 1.47. The molecule has 2 heterocycles. The van der Waals surface area contributed by atoms with Gasteiger partial charge in [-0.2, -0.15) is 5.10 Å². The smallest absolute Gasteiger partial charge is 0.227 e. The van der Waals surface area contributed by atoms with Crippen LogP contribution in [0.15, 0.2) is 30.5 Å². The molecule has 2 N–H and O–H groups in total. The summed E-state index contributed by atoms with van der Waals surface area (Å²) in [6, 6.07) is 7.94. The molecule has 0 atom stereocenters. The number of carbonyl (C=O) groups is 1. The van der Waals surface area contributed by atoms with Crippen molar-refractivity contribution in [2.75, 3.05) is 10.6 Å². The molecule has 3 aromatic rings. The summed E-state index contributed by atoms with van der Waals surface area (Å²) >= 11 is 0. The molecule has 1 saturated carbocycles. The highest BCUT2D eigenvalue weighted by molar-refractivity contribution is 5.92. The van der Waals surface area contributed by atoms with Crippen LogP contribution in [0.4, 0.5) is 11.5 Å². The predicted octanol–water partition coefficient (Wildman–Crippen LogP) is 3.41. The molecule has 0 unspecified atom stereocenters. The SMILES string of the molecule is Cc1nc(NCc2cccc(NC(=O)C3CCCC3)c2)c2cnn(C)c2n1. The van der Waals surface area contributed by atoms with Gasteiger partial charge in [0.1, 0.15) is 11.6 Å². The zero-order chi connectivity index (χ0) is 18.8. The Morgan fingerprint density at radius 3 is 2.89 bits per heavy atom. The summed E-state index contributed by atoms with van der Waals surface area (Å²) < 4.78 is 1.74. The summed E-state index contributed by atoms with van der Waals surface area (Å²) in [5.41, 5.74) is 2.73. The lowest BCUT2D eigenvalue weighted by atomic mass is 10.1. The largest absolute Gasteiger partial charge is 0.365 e. The van der Waals surface area contributed by atoms with E-state index in [1.807, 2.05) is 38.2 Å². The van der Waals surface area contributed by atoms with Crippen molar-refractivity contribution in [3.8, 4) is 0 Å². The number of aromatic nitrogens is 4. The summed E-state index contributed by atoms with van der Waals surface area (Å²) in [7, 11) is 1.87. The third-order valence-corrected chi connectivity index (χ3v) is 5.08. The highest BCUT2D eigenvalue weighted by Crippen LogP contribution is 2.26. The summed E-state index contributed by atoms with van der Waals surface area (Å²) in [5.74, 6) is 1.77. The fraction of sp³-hybridized carbons (Fsp3) is 0.400. The molecule has 7 heteroatoms. The van der Waals surface area contributed by atoms with Crippen LogP contribution >= 0.6 is 0 Å². The quantitative estimate of drug-likeness (QED) is 0.725. The van der Waals surface area contributed by atoms with Gasteiger partial charge in [0.05, 0.1) is 11.6 Å². The average Bonchev–Trinajstić information content (AvgIpc) is 3.31. The maximum absolute atomic E-state index is 12.3. The molecule has 1 aliphatic rings.